The molecule has 1 aliphatic heterocycles. The van der Waals surface area contributed by atoms with Crippen molar-refractivity contribution >= 4 is 28.4 Å². The maximum atomic E-state index is 11.4. The molecule has 3 aliphatic rings. The van der Waals surface area contributed by atoms with Crippen LogP contribution in [0.15, 0.2) is 12.3 Å². The molecule has 0 bridgehead atoms. The Hall–Kier alpha value is -2.61. The van der Waals surface area contributed by atoms with E-state index >= 15 is 0 Å². The Bertz CT molecular complexity index is 1050. The molecule has 3 heterocycles. The summed E-state index contributed by atoms with van der Waals surface area (Å²) in [6.07, 6.45) is 12.9. The van der Waals surface area contributed by atoms with Gasteiger partial charge in [0.1, 0.15) is 5.60 Å². The van der Waals surface area contributed by atoms with Crippen molar-refractivity contribution < 1.29 is 14.7 Å². The molecule has 0 unspecified atom stereocenters. The number of hydrogen-bond acceptors (Lipinski definition) is 6. The van der Waals surface area contributed by atoms with E-state index in [2.05, 4.69) is 28.9 Å². The fourth-order valence-electron chi connectivity index (χ4n) is 5.57. The van der Waals surface area contributed by atoms with Gasteiger partial charge in [-0.3, -0.25) is 15.1 Å². The molecule has 2 saturated carbocycles. The fraction of sp³-hybridized carbons (Fsp3) is 0.625. The molecule has 0 saturated heterocycles. The van der Waals surface area contributed by atoms with Gasteiger partial charge in [-0.15, -0.1) is 0 Å². The highest BCUT2D eigenvalue weighted by molar-refractivity contribution is 5.97. The number of aliphatic carboxylic acids is 1. The largest absolute Gasteiger partial charge is 0.481 e. The number of anilines is 1. The van der Waals surface area contributed by atoms with Crippen molar-refractivity contribution in [2.45, 2.75) is 89.8 Å². The summed E-state index contributed by atoms with van der Waals surface area (Å²) in [7, 11) is 0. The van der Waals surface area contributed by atoms with Crippen LogP contribution in [0.5, 0.6) is 0 Å². The number of nitrogens with zero attached hydrogens (tertiary/aromatic N) is 3. The highest BCUT2D eigenvalue weighted by Gasteiger charge is 2.41. The molecule has 2 fully saturated rings. The first-order valence-corrected chi connectivity index (χ1v) is 12.0. The maximum Gasteiger partial charge on any atom is 0.306 e. The van der Waals surface area contributed by atoms with E-state index in [1.54, 1.807) is 0 Å². The zero-order valence-corrected chi connectivity index (χ0v) is 19.0. The van der Waals surface area contributed by atoms with Crippen molar-refractivity contribution in [3.63, 3.8) is 0 Å². The minimum Gasteiger partial charge on any atom is -0.481 e. The van der Waals surface area contributed by atoms with E-state index in [0.29, 0.717) is 31.7 Å². The molecule has 3 N–H and O–H groups in total. The molecular weight excluding hydrogens is 406 g/mol. The second-order valence-electron chi connectivity index (χ2n) is 9.56. The van der Waals surface area contributed by atoms with Crippen molar-refractivity contribution in [2.24, 2.45) is 5.92 Å². The first kappa shape index (κ1) is 21.2. The first-order chi connectivity index (χ1) is 15.5. The fourth-order valence-corrected chi connectivity index (χ4v) is 5.57. The Labute approximate surface area is 188 Å². The lowest BCUT2D eigenvalue weighted by Gasteiger charge is -2.32. The molecule has 5 rings (SSSR count). The predicted octanol–water partition coefficient (Wildman–Crippen LogP) is 4.39. The van der Waals surface area contributed by atoms with Crippen LogP contribution in [-0.4, -0.2) is 37.5 Å². The van der Waals surface area contributed by atoms with Gasteiger partial charge in [-0.2, -0.15) is 5.10 Å². The van der Waals surface area contributed by atoms with Gasteiger partial charge < -0.3 is 10.4 Å². The molecule has 0 amide bonds. The smallest absolute Gasteiger partial charge is 0.306 e. The van der Waals surface area contributed by atoms with Gasteiger partial charge in [0.05, 0.1) is 34.6 Å². The predicted molar refractivity (Wildman–Crippen MR) is 123 cm³/mol. The highest BCUT2D eigenvalue weighted by atomic mass is 16.7. The second kappa shape index (κ2) is 8.39. The van der Waals surface area contributed by atoms with Crippen LogP contribution in [0.1, 0.15) is 76.0 Å². The molecule has 32 heavy (non-hydrogen) atoms. The van der Waals surface area contributed by atoms with Gasteiger partial charge in [0.15, 0.2) is 5.65 Å². The summed E-state index contributed by atoms with van der Waals surface area (Å²) in [6, 6.07) is 0.445. The number of aromatic nitrogens is 3. The van der Waals surface area contributed by atoms with Crippen LogP contribution in [0.3, 0.4) is 0 Å². The van der Waals surface area contributed by atoms with Gasteiger partial charge in [0.25, 0.3) is 0 Å². The molecule has 8 nitrogen and oxygen atoms in total. The number of hydroxylamine groups is 1. The quantitative estimate of drug-likeness (QED) is 0.635. The lowest BCUT2D eigenvalue weighted by Crippen LogP contribution is -2.36. The SMILES string of the molecule is CCn1ncc2c(NC3CCCCC3)c(C3=CC4(CCC(C(=O)O)CC4)ON3)c(C)nc21. The number of pyridine rings is 1. The minimum absolute atomic E-state index is 0.273. The van der Waals surface area contributed by atoms with Crippen molar-refractivity contribution in [1.82, 2.24) is 20.2 Å². The van der Waals surface area contributed by atoms with Crippen LogP contribution in [-0.2, 0) is 16.2 Å². The van der Waals surface area contributed by atoms with Crippen molar-refractivity contribution in [3.8, 4) is 0 Å². The molecule has 172 valence electrons. The lowest BCUT2D eigenvalue weighted by molar-refractivity contribution is -0.145. The Kier molecular flexibility index (Phi) is 5.57. The van der Waals surface area contributed by atoms with E-state index in [0.717, 1.165) is 40.2 Å². The molecule has 2 aromatic heterocycles. The molecule has 8 heteroatoms. The van der Waals surface area contributed by atoms with Crippen LogP contribution in [0.2, 0.25) is 0 Å². The number of aryl methyl sites for hydroxylation is 2. The second-order valence-corrected chi connectivity index (χ2v) is 9.56. The van der Waals surface area contributed by atoms with E-state index < -0.39 is 11.6 Å². The number of nitrogens with one attached hydrogen (secondary N) is 2. The lowest BCUT2D eigenvalue weighted by atomic mass is 9.78. The number of carbonyl (C=O) groups is 1. The molecule has 0 aromatic carbocycles. The summed E-state index contributed by atoms with van der Waals surface area (Å²) < 4.78 is 1.94. The van der Waals surface area contributed by atoms with Gasteiger partial charge in [0, 0.05) is 18.2 Å². The third-order valence-electron chi connectivity index (χ3n) is 7.44. The molecular formula is C24H33N5O3. The first-order valence-electron chi connectivity index (χ1n) is 12.0. The van der Waals surface area contributed by atoms with Crippen LogP contribution >= 0.6 is 0 Å². The van der Waals surface area contributed by atoms with Crippen molar-refractivity contribution in [1.29, 1.82) is 0 Å². The number of fused-ring (bicyclic) bond motifs is 1. The molecule has 0 radical (unpaired) electrons. The van der Waals surface area contributed by atoms with Gasteiger partial charge in [0.2, 0.25) is 0 Å². The third kappa shape index (κ3) is 3.74. The van der Waals surface area contributed by atoms with Crippen LogP contribution < -0.4 is 10.8 Å². The normalized spacial score (nSPS) is 26.3. The van der Waals surface area contributed by atoms with Crippen LogP contribution in [0, 0.1) is 12.8 Å². The molecule has 2 aromatic rings. The van der Waals surface area contributed by atoms with E-state index in [-0.39, 0.29) is 5.92 Å². The number of carboxylic acids is 1. The van der Waals surface area contributed by atoms with Crippen molar-refractivity contribution in [2.75, 3.05) is 5.32 Å². The number of rotatable bonds is 5. The van der Waals surface area contributed by atoms with Gasteiger partial charge >= 0.3 is 5.97 Å². The minimum atomic E-state index is -0.701. The van der Waals surface area contributed by atoms with Crippen molar-refractivity contribution in [3.05, 3.63) is 23.5 Å². The topological polar surface area (TPSA) is 101 Å². The summed E-state index contributed by atoms with van der Waals surface area (Å²) in [4.78, 5) is 22.4. The van der Waals surface area contributed by atoms with E-state index in [4.69, 9.17) is 9.82 Å². The van der Waals surface area contributed by atoms with E-state index in [1.165, 1.54) is 32.1 Å². The Morgan fingerprint density at radius 1 is 1.28 bits per heavy atom. The van der Waals surface area contributed by atoms with E-state index in [9.17, 15) is 9.90 Å². The molecule has 0 atom stereocenters. The van der Waals surface area contributed by atoms with Crippen LogP contribution in [0.4, 0.5) is 5.69 Å². The maximum absolute atomic E-state index is 11.4. The van der Waals surface area contributed by atoms with Gasteiger partial charge in [-0.1, -0.05) is 19.3 Å². The summed E-state index contributed by atoms with van der Waals surface area (Å²) in [6.45, 7) is 4.90. The average Bonchev–Trinajstić information content (AvgIpc) is 3.39. The molecule has 1 spiro atoms. The summed E-state index contributed by atoms with van der Waals surface area (Å²) >= 11 is 0. The van der Waals surface area contributed by atoms with E-state index in [1.807, 2.05) is 17.8 Å². The Morgan fingerprint density at radius 2 is 2.03 bits per heavy atom. The number of carboxylic acid groups (broad SMARTS) is 1. The Balaban J connectivity index is 1.53. The monoisotopic (exact) mass is 439 g/mol. The average molecular weight is 440 g/mol. The van der Waals surface area contributed by atoms with Gasteiger partial charge in [-0.05, 0) is 58.4 Å². The zero-order valence-electron chi connectivity index (χ0n) is 19.0. The molecule has 2 aliphatic carbocycles. The zero-order chi connectivity index (χ0) is 22.3. The van der Waals surface area contributed by atoms with Crippen LogP contribution in [0.25, 0.3) is 16.7 Å². The Morgan fingerprint density at radius 3 is 2.72 bits per heavy atom. The summed E-state index contributed by atoms with van der Waals surface area (Å²) in [5, 5.41) is 18.8. The highest BCUT2D eigenvalue weighted by Crippen LogP contribution is 2.43. The number of hydrogen-bond donors (Lipinski definition) is 3. The third-order valence-corrected chi connectivity index (χ3v) is 7.44. The van der Waals surface area contributed by atoms with Gasteiger partial charge in [-0.25, -0.2) is 9.67 Å². The summed E-state index contributed by atoms with van der Waals surface area (Å²) in [5.41, 5.74) is 7.63. The summed E-state index contributed by atoms with van der Waals surface area (Å²) in [5.74, 6) is -0.975. The standard InChI is InChI=1S/C24H33N5O3/c1-3-29-22-18(14-25-29)21(27-17-7-5-4-6-8-17)20(15(2)26-22)19-13-24(32-28-19)11-9-16(10-12-24)23(30)31/h13-14,16-17,28H,3-12H2,1-2H3,(H,26,27)(H,30,31).